The van der Waals surface area contributed by atoms with Crippen LogP contribution < -0.4 is 10.6 Å². The summed E-state index contributed by atoms with van der Waals surface area (Å²) >= 11 is 0. The molecule has 1 rings (SSSR count). The van der Waals surface area contributed by atoms with E-state index in [9.17, 15) is 14.9 Å². The molecule has 1 unspecified atom stereocenters. The van der Waals surface area contributed by atoms with Crippen LogP contribution in [-0.2, 0) is 0 Å². The number of nitro groups is 1. The maximum absolute atomic E-state index is 11.3. The van der Waals surface area contributed by atoms with Crippen molar-refractivity contribution >= 4 is 17.4 Å². The first-order valence-corrected chi connectivity index (χ1v) is 5.11. The Morgan fingerprint density at radius 1 is 1.39 bits per heavy atom. The van der Waals surface area contributed by atoms with Crippen molar-refractivity contribution in [1.82, 2.24) is 5.32 Å². The first kappa shape index (κ1) is 13.9. The second-order valence-electron chi connectivity index (χ2n) is 3.48. The van der Waals surface area contributed by atoms with Gasteiger partial charge in [0.1, 0.15) is 0 Å². The van der Waals surface area contributed by atoms with Crippen LogP contribution in [0.25, 0.3) is 0 Å². The zero-order valence-corrected chi connectivity index (χ0v) is 9.37. The number of benzene rings is 1. The minimum absolute atomic E-state index is 0.0725. The van der Waals surface area contributed by atoms with Crippen molar-refractivity contribution in [3.05, 3.63) is 34.4 Å². The summed E-state index contributed by atoms with van der Waals surface area (Å²) in [5.41, 5.74) is 0.313. The minimum atomic E-state index is -1.02. The van der Waals surface area contributed by atoms with Gasteiger partial charge in [0, 0.05) is 24.4 Å². The number of anilines is 1. The Bertz CT molecular complexity index is 420. The molecule has 8 nitrogen and oxygen atoms in total. The monoisotopic (exact) mass is 255 g/mol. The van der Waals surface area contributed by atoms with E-state index in [-0.39, 0.29) is 12.2 Å². The second-order valence-corrected chi connectivity index (χ2v) is 3.48. The molecule has 0 fully saturated rings. The number of aliphatic hydroxyl groups excluding tert-OH is 2. The number of aliphatic hydroxyl groups is 2. The van der Waals surface area contributed by atoms with Crippen molar-refractivity contribution in [3.63, 3.8) is 0 Å². The number of amides is 2. The van der Waals surface area contributed by atoms with Gasteiger partial charge in [-0.15, -0.1) is 0 Å². The molecule has 2 amide bonds. The molecule has 0 bridgehead atoms. The highest BCUT2D eigenvalue weighted by molar-refractivity contribution is 5.89. The summed E-state index contributed by atoms with van der Waals surface area (Å²) in [6.07, 6.45) is -1.02. The topological polar surface area (TPSA) is 125 Å². The van der Waals surface area contributed by atoms with Crippen molar-refractivity contribution in [3.8, 4) is 0 Å². The van der Waals surface area contributed by atoms with Crippen molar-refractivity contribution < 1.29 is 19.9 Å². The zero-order chi connectivity index (χ0) is 13.5. The van der Waals surface area contributed by atoms with Crippen LogP contribution in [0.15, 0.2) is 24.3 Å². The third kappa shape index (κ3) is 4.36. The number of non-ortho nitro benzene ring substituents is 1. The lowest BCUT2D eigenvalue weighted by Gasteiger charge is -2.10. The van der Waals surface area contributed by atoms with E-state index in [2.05, 4.69) is 10.6 Å². The highest BCUT2D eigenvalue weighted by Gasteiger charge is 2.07. The van der Waals surface area contributed by atoms with Gasteiger partial charge in [0.15, 0.2) is 0 Å². The van der Waals surface area contributed by atoms with Crippen molar-refractivity contribution in [1.29, 1.82) is 0 Å². The second kappa shape index (κ2) is 6.52. The molecule has 98 valence electrons. The Morgan fingerprint density at radius 2 is 2.00 bits per heavy atom. The molecule has 0 saturated carbocycles. The summed E-state index contributed by atoms with van der Waals surface area (Å²) in [6, 6.07) is 4.73. The fraction of sp³-hybridized carbons (Fsp3) is 0.300. The number of carbonyl (C=O) groups excluding carboxylic acids is 1. The number of urea groups is 1. The largest absolute Gasteiger partial charge is 0.394 e. The lowest BCUT2D eigenvalue weighted by Crippen LogP contribution is -2.36. The number of rotatable bonds is 5. The average Bonchev–Trinajstić information content (AvgIpc) is 2.36. The van der Waals surface area contributed by atoms with Crippen LogP contribution in [0.3, 0.4) is 0 Å². The number of nitrogens with zero attached hydrogens (tertiary/aromatic N) is 1. The summed E-state index contributed by atoms with van der Waals surface area (Å²) in [4.78, 5) is 21.2. The van der Waals surface area contributed by atoms with Gasteiger partial charge in [0.2, 0.25) is 0 Å². The van der Waals surface area contributed by atoms with E-state index in [0.717, 1.165) is 0 Å². The van der Waals surface area contributed by atoms with Crippen LogP contribution in [-0.4, -0.2) is 40.4 Å². The average molecular weight is 255 g/mol. The number of hydrogen-bond donors (Lipinski definition) is 4. The molecule has 0 radical (unpaired) electrons. The summed E-state index contributed by atoms with van der Waals surface area (Å²) in [5.74, 6) is 0. The van der Waals surface area contributed by atoms with Gasteiger partial charge in [0.05, 0.1) is 17.6 Å². The standard InChI is InChI=1S/C10H13N3O5/c14-6-9(15)5-11-10(16)12-7-1-3-8(4-2-7)13(17)18/h1-4,9,14-15H,5-6H2,(H2,11,12,16). The first-order valence-electron chi connectivity index (χ1n) is 5.11. The van der Waals surface area contributed by atoms with E-state index >= 15 is 0 Å². The Hall–Kier alpha value is -2.19. The molecule has 8 heteroatoms. The molecule has 0 aliphatic heterocycles. The van der Waals surface area contributed by atoms with Crippen LogP contribution in [0.5, 0.6) is 0 Å². The smallest absolute Gasteiger partial charge is 0.319 e. The van der Waals surface area contributed by atoms with Gasteiger partial charge in [-0.3, -0.25) is 10.1 Å². The zero-order valence-electron chi connectivity index (χ0n) is 9.37. The SMILES string of the molecule is O=C(NCC(O)CO)Nc1ccc([N+](=O)[O-])cc1. The molecule has 1 aromatic rings. The van der Waals surface area contributed by atoms with Crippen molar-refractivity contribution in [2.75, 3.05) is 18.5 Å². The van der Waals surface area contributed by atoms with Gasteiger partial charge in [-0.25, -0.2) is 4.79 Å². The van der Waals surface area contributed by atoms with E-state index in [1.807, 2.05) is 0 Å². The van der Waals surface area contributed by atoms with E-state index < -0.39 is 23.7 Å². The summed E-state index contributed by atoms with van der Waals surface area (Å²) in [5, 5.41) is 32.7. The fourth-order valence-electron chi connectivity index (χ4n) is 1.12. The molecular weight excluding hydrogens is 242 g/mol. The number of nitro benzene ring substituents is 1. The van der Waals surface area contributed by atoms with Crippen molar-refractivity contribution in [2.24, 2.45) is 0 Å². The Labute approximate surface area is 102 Å². The molecule has 0 saturated heterocycles. The molecular formula is C10H13N3O5. The van der Waals surface area contributed by atoms with Gasteiger partial charge in [-0.1, -0.05) is 0 Å². The van der Waals surface area contributed by atoms with E-state index in [0.29, 0.717) is 5.69 Å². The van der Waals surface area contributed by atoms with Crippen LogP contribution in [0.2, 0.25) is 0 Å². The van der Waals surface area contributed by atoms with E-state index in [1.165, 1.54) is 24.3 Å². The van der Waals surface area contributed by atoms with Gasteiger partial charge < -0.3 is 20.8 Å². The highest BCUT2D eigenvalue weighted by Crippen LogP contribution is 2.14. The van der Waals surface area contributed by atoms with Crippen LogP contribution >= 0.6 is 0 Å². The molecule has 1 aromatic carbocycles. The van der Waals surface area contributed by atoms with Gasteiger partial charge in [-0.2, -0.15) is 0 Å². The molecule has 0 heterocycles. The van der Waals surface area contributed by atoms with Gasteiger partial charge in [-0.05, 0) is 12.1 Å². The summed E-state index contributed by atoms with van der Waals surface area (Å²) in [6.45, 7) is -0.535. The predicted molar refractivity (Wildman–Crippen MR) is 63.2 cm³/mol. The fourth-order valence-corrected chi connectivity index (χ4v) is 1.12. The van der Waals surface area contributed by atoms with Crippen LogP contribution in [0, 0.1) is 10.1 Å². The highest BCUT2D eigenvalue weighted by atomic mass is 16.6. The number of nitrogens with one attached hydrogen (secondary N) is 2. The normalized spacial score (nSPS) is 11.7. The van der Waals surface area contributed by atoms with Crippen LogP contribution in [0.4, 0.5) is 16.2 Å². The minimum Gasteiger partial charge on any atom is -0.394 e. The van der Waals surface area contributed by atoms with E-state index in [1.54, 1.807) is 0 Å². The van der Waals surface area contributed by atoms with Crippen LogP contribution in [0.1, 0.15) is 0 Å². The molecule has 4 N–H and O–H groups in total. The predicted octanol–water partition coefficient (Wildman–Crippen LogP) is 0.0695. The van der Waals surface area contributed by atoms with Crippen molar-refractivity contribution in [2.45, 2.75) is 6.10 Å². The molecule has 1 atom stereocenters. The maximum atomic E-state index is 11.3. The maximum Gasteiger partial charge on any atom is 0.319 e. The summed E-state index contributed by atoms with van der Waals surface area (Å²) in [7, 11) is 0. The van der Waals surface area contributed by atoms with E-state index in [4.69, 9.17) is 10.2 Å². The lowest BCUT2D eigenvalue weighted by atomic mass is 10.3. The Balaban J connectivity index is 2.47. The molecule has 18 heavy (non-hydrogen) atoms. The van der Waals surface area contributed by atoms with Gasteiger partial charge in [0.25, 0.3) is 5.69 Å². The third-order valence-corrected chi connectivity index (χ3v) is 2.04. The molecule has 0 aliphatic carbocycles. The Morgan fingerprint density at radius 3 is 2.50 bits per heavy atom. The Kier molecular flexibility index (Phi) is 5.03. The molecule has 0 aliphatic rings. The molecule has 0 aromatic heterocycles. The lowest BCUT2D eigenvalue weighted by molar-refractivity contribution is -0.384. The molecule has 0 spiro atoms. The number of carbonyl (C=O) groups is 1. The third-order valence-electron chi connectivity index (χ3n) is 2.04. The number of hydrogen-bond acceptors (Lipinski definition) is 5. The summed E-state index contributed by atoms with van der Waals surface area (Å²) < 4.78 is 0. The first-order chi connectivity index (χ1) is 8.52. The quantitative estimate of drug-likeness (QED) is 0.437. The van der Waals surface area contributed by atoms with Gasteiger partial charge >= 0.3 is 6.03 Å².